The number of rotatable bonds is 5. The Morgan fingerprint density at radius 1 is 1.18 bits per heavy atom. The largest absolute Gasteiger partial charge is 0.369 e. The Hall–Kier alpha value is -0.0200. The molecule has 0 amide bonds. The van der Waals surface area contributed by atoms with Gasteiger partial charge in [0, 0.05) is 28.1 Å². The topological polar surface area (TPSA) is 3.24 Å². The van der Waals surface area contributed by atoms with E-state index >= 15 is 0 Å². The van der Waals surface area contributed by atoms with Gasteiger partial charge in [-0.3, -0.25) is 0 Å². The Kier molecular flexibility index (Phi) is 6.01. The molecular formula is C14H21Br2N. The molecule has 1 aromatic carbocycles. The van der Waals surface area contributed by atoms with E-state index in [0.29, 0.717) is 12.0 Å². The van der Waals surface area contributed by atoms with E-state index in [0.717, 1.165) is 16.3 Å². The average molecular weight is 363 g/mol. The second-order valence-electron chi connectivity index (χ2n) is 5.05. The molecule has 0 aliphatic carbocycles. The Bertz CT molecular complexity index is 361. The molecule has 0 aliphatic rings. The molecule has 0 atom stereocenters. The van der Waals surface area contributed by atoms with E-state index in [2.05, 4.69) is 82.7 Å². The predicted molar refractivity (Wildman–Crippen MR) is 84.1 cm³/mol. The molecular weight excluding hydrogens is 342 g/mol. The van der Waals surface area contributed by atoms with E-state index in [1.54, 1.807) is 0 Å². The summed E-state index contributed by atoms with van der Waals surface area (Å²) in [7, 11) is 0. The lowest BCUT2D eigenvalue weighted by atomic mass is 10.1. The molecule has 0 unspecified atom stereocenters. The van der Waals surface area contributed by atoms with Gasteiger partial charge in [-0.15, -0.1) is 0 Å². The fourth-order valence-electron chi connectivity index (χ4n) is 1.92. The Morgan fingerprint density at radius 2 is 1.82 bits per heavy atom. The molecule has 0 fully saturated rings. The van der Waals surface area contributed by atoms with Crippen LogP contribution in [0.5, 0.6) is 0 Å². The van der Waals surface area contributed by atoms with Crippen LogP contribution in [0.1, 0.15) is 33.3 Å². The summed E-state index contributed by atoms with van der Waals surface area (Å²) in [6, 6.07) is 7.05. The van der Waals surface area contributed by atoms with Gasteiger partial charge in [-0.2, -0.15) is 0 Å². The quantitative estimate of drug-likeness (QED) is 0.649. The van der Waals surface area contributed by atoms with Crippen molar-refractivity contribution in [3.05, 3.63) is 28.2 Å². The molecule has 1 rings (SSSR count). The lowest BCUT2D eigenvalue weighted by Crippen LogP contribution is -2.34. The Balaban J connectivity index is 3.08. The first-order valence-corrected chi connectivity index (χ1v) is 7.98. The third-order valence-corrected chi connectivity index (χ3v) is 3.78. The van der Waals surface area contributed by atoms with Gasteiger partial charge in [0.15, 0.2) is 0 Å². The second-order valence-corrected chi connectivity index (χ2v) is 6.52. The number of hydrogen-bond donors (Lipinski definition) is 0. The van der Waals surface area contributed by atoms with Crippen molar-refractivity contribution in [2.75, 3.05) is 11.4 Å². The highest BCUT2D eigenvalue weighted by molar-refractivity contribution is 9.10. The molecule has 0 bridgehead atoms. The summed E-state index contributed by atoms with van der Waals surface area (Å²) in [6.45, 7) is 10.1. The highest BCUT2D eigenvalue weighted by Gasteiger charge is 2.15. The van der Waals surface area contributed by atoms with Crippen molar-refractivity contribution >= 4 is 37.5 Å². The summed E-state index contributed by atoms with van der Waals surface area (Å²) in [5.41, 5.74) is 2.68. The number of nitrogens with zero attached hydrogens (tertiary/aromatic N) is 1. The van der Waals surface area contributed by atoms with E-state index in [1.165, 1.54) is 11.3 Å². The summed E-state index contributed by atoms with van der Waals surface area (Å²) >= 11 is 7.11. The third-order valence-electron chi connectivity index (χ3n) is 2.68. The minimum Gasteiger partial charge on any atom is -0.369 e. The molecule has 3 heteroatoms. The van der Waals surface area contributed by atoms with Gasteiger partial charge in [-0.25, -0.2) is 0 Å². The van der Waals surface area contributed by atoms with Crippen molar-refractivity contribution in [1.29, 1.82) is 0 Å². The average Bonchev–Trinajstić information content (AvgIpc) is 2.25. The zero-order chi connectivity index (χ0) is 13.0. The second kappa shape index (κ2) is 6.79. The smallest absolute Gasteiger partial charge is 0.0410 e. The first-order chi connectivity index (χ1) is 7.95. The Labute approximate surface area is 122 Å². The van der Waals surface area contributed by atoms with Crippen LogP contribution < -0.4 is 4.90 Å². The number of benzene rings is 1. The van der Waals surface area contributed by atoms with Crippen LogP contribution in [0, 0.1) is 5.92 Å². The van der Waals surface area contributed by atoms with Gasteiger partial charge in [0.05, 0.1) is 0 Å². The summed E-state index contributed by atoms with van der Waals surface area (Å²) in [4.78, 5) is 2.48. The van der Waals surface area contributed by atoms with Crippen LogP contribution in [0.2, 0.25) is 0 Å². The maximum Gasteiger partial charge on any atom is 0.0410 e. The SMILES string of the molecule is CC(C)CN(c1ccc(Br)cc1CBr)C(C)C. The Morgan fingerprint density at radius 3 is 2.29 bits per heavy atom. The highest BCUT2D eigenvalue weighted by Crippen LogP contribution is 2.28. The molecule has 0 radical (unpaired) electrons. The van der Waals surface area contributed by atoms with Crippen molar-refractivity contribution in [2.45, 2.75) is 39.1 Å². The van der Waals surface area contributed by atoms with Crippen molar-refractivity contribution in [1.82, 2.24) is 0 Å². The standard InChI is InChI=1S/C14H21Br2N/c1-10(2)9-17(11(3)4)14-6-5-13(16)7-12(14)8-15/h5-7,10-11H,8-9H2,1-4H3. The molecule has 1 aromatic rings. The van der Waals surface area contributed by atoms with E-state index < -0.39 is 0 Å². The maximum atomic E-state index is 3.58. The third kappa shape index (κ3) is 4.29. The van der Waals surface area contributed by atoms with E-state index in [4.69, 9.17) is 0 Å². The van der Waals surface area contributed by atoms with Crippen LogP contribution >= 0.6 is 31.9 Å². The maximum absolute atomic E-state index is 3.58. The molecule has 0 aliphatic heterocycles. The van der Waals surface area contributed by atoms with Crippen LogP contribution in [0.3, 0.4) is 0 Å². The van der Waals surface area contributed by atoms with Gasteiger partial charge >= 0.3 is 0 Å². The van der Waals surface area contributed by atoms with Gasteiger partial charge in [-0.1, -0.05) is 45.7 Å². The molecule has 0 heterocycles. The molecule has 0 aromatic heterocycles. The van der Waals surface area contributed by atoms with Crippen LogP contribution in [0.4, 0.5) is 5.69 Å². The number of hydrogen-bond acceptors (Lipinski definition) is 1. The molecule has 0 saturated carbocycles. The zero-order valence-corrected chi connectivity index (χ0v) is 14.2. The fraction of sp³-hybridized carbons (Fsp3) is 0.571. The monoisotopic (exact) mass is 361 g/mol. The van der Waals surface area contributed by atoms with E-state index in [1.807, 2.05) is 0 Å². The molecule has 0 saturated heterocycles. The number of halogens is 2. The lowest BCUT2D eigenvalue weighted by molar-refractivity contribution is 0.570. The number of alkyl halides is 1. The lowest BCUT2D eigenvalue weighted by Gasteiger charge is -2.32. The summed E-state index contributed by atoms with van der Waals surface area (Å²) < 4.78 is 1.14. The normalized spacial score (nSPS) is 11.3. The minimum absolute atomic E-state index is 0.524. The first kappa shape index (κ1) is 15.0. The van der Waals surface area contributed by atoms with Gasteiger partial charge in [0.1, 0.15) is 0 Å². The molecule has 0 N–H and O–H groups in total. The van der Waals surface area contributed by atoms with Gasteiger partial charge < -0.3 is 4.90 Å². The van der Waals surface area contributed by atoms with Crippen molar-refractivity contribution in [3.63, 3.8) is 0 Å². The summed E-state index contributed by atoms with van der Waals surface area (Å²) in [6.07, 6.45) is 0. The van der Waals surface area contributed by atoms with Gasteiger partial charge in [-0.05, 0) is 43.5 Å². The zero-order valence-electron chi connectivity index (χ0n) is 11.0. The molecule has 1 nitrogen and oxygen atoms in total. The van der Waals surface area contributed by atoms with Crippen molar-refractivity contribution < 1.29 is 0 Å². The van der Waals surface area contributed by atoms with Crippen LogP contribution in [-0.4, -0.2) is 12.6 Å². The van der Waals surface area contributed by atoms with Crippen molar-refractivity contribution in [3.8, 4) is 0 Å². The highest BCUT2D eigenvalue weighted by atomic mass is 79.9. The van der Waals surface area contributed by atoms with Gasteiger partial charge in [0.2, 0.25) is 0 Å². The molecule has 17 heavy (non-hydrogen) atoms. The molecule has 0 spiro atoms. The van der Waals surface area contributed by atoms with E-state index in [-0.39, 0.29) is 0 Å². The summed E-state index contributed by atoms with van der Waals surface area (Å²) in [5.74, 6) is 0.671. The van der Waals surface area contributed by atoms with Gasteiger partial charge in [0.25, 0.3) is 0 Å². The summed E-state index contributed by atoms with van der Waals surface area (Å²) in [5, 5.41) is 0.892. The first-order valence-electron chi connectivity index (χ1n) is 6.06. The van der Waals surface area contributed by atoms with Crippen LogP contribution in [0.25, 0.3) is 0 Å². The van der Waals surface area contributed by atoms with Crippen molar-refractivity contribution in [2.24, 2.45) is 5.92 Å². The predicted octanol–water partition coefficient (Wildman–Crippen LogP) is 5.21. The molecule has 96 valence electrons. The fourth-order valence-corrected chi connectivity index (χ4v) is 2.78. The minimum atomic E-state index is 0.524. The van der Waals surface area contributed by atoms with Crippen LogP contribution in [-0.2, 0) is 5.33 Å². The number of anilines is 1. The van der Waals surface area contributed by atoms with E-state index in [9.17, 15) is 0 Å². The van der Waals surface area contributed by atoms with Crippen LogP contribution in [0.15, 0.2) is 22.7 Å².